The molecular weight excluding hydrogens is 292 g/mol. The van der Waals surface area contributed by atoms with Crippen LogP contribution in [0, 0.1) is 10.1 Å². The second-order valence-electron chi connectivity index (χ2n) is 6.18. The summed E-state index contributed by atoms with van der Waals surface area (Å²) in [6.45, 7) is 0. The number of fused-ring (bicyclic) bond motifs is 2. The highest BCUT2D eigenvalue weighted by molar-refractivity contribution is 5.95. The molecule has 2 aliphatic rings. The zero-order valence-corrected chi connectivity index (χ0v) is 12.5. The largest absolute Gasteiger partial charge is 0.326 e. The van der Waals surface area contributed by atoms with Gasteiger partial charge in [0.15, 0.2) is 0 Å². The molecule has 0 aromatic heterocycles. The molecular formula is C18H16N2O3. The van der Waals surface area contributed by atoms with Gasteiger partial charge in [-0.05, 0) is 42.0 Å². The van der Waals surface area contributed by atoms with Gasteiger partial charge in [-0.3, -0.25) is 14.9 Å². The second-order valence-corrected chi connectivity index (χ2v) is 6.18. The Balaban J connectivity index is 1.89. The van der Waals surface area contributed by atoms with E-state index in [0.717, 1.165) is 30.5 Å². The van der Waals surface area contributed by atoms with Gasteiger partial charge < -0.3 is 5.32 Å². The van der Waals surface area contributed by atoms with Gasteiger partial charge in [0, 0.05) is 29.7 Å². The first-order valence-corrected chi connectivity index (χ1v) is 7.82. The molecule has 5 nitrogen and oxygen atoms in total. The van der Waals surface area contributed by atoms with Gasteiger partial charge in [-0.1, -0.05) is 24.3 Å². The third kappa shape index (κ3) is 2.29. The van der Waals surface area contributed by atoms with Crippen LogP contribution in [0.2, 0.25) is 0 Å². The number of rotatable bonds is 2. The first kappa shape index (κ1) is 13.9. The van der Waals surface area contributed by atoms with E-state index in [2.05, 4.69) is 17.4 Å². The third-order valence-corrected chi connectivity index (χ3v) is 4.81. The summed E-state index contributed by atoms with van der Waals surface area (Å²) in [6, 6.07) is 10.9. The van der Waals surface area contributed by atoms with Crippen molar-refractivity contribution in [3.8, 4) is 0 Å². The van der Waals surface area contributed by atoms with Gasteiger partial charge in [0.1, 0.15) is 0 Å². The van der Waals surface area contributed by atoms with Gasteiger partial charge in [0.25, 0.3) is 5.69 Å². The van der Waals surface area contributed by atoms with Crippen LogP contribution in [0.5, 0.6) is 0 Å². The van der Waals surface area contributed by atoms with Crippen molar-refractivity contribution in [1.82, 2.24) is 0 Å². The second kappa shape index (κ2) is 5.19. The SMILES string of the molecule is O=C1C[C@@H](c2ccccc2[N+](=O)[O-])c2cc3c(cc2N1)CCC3. The number of nitrogens with one attached hydrogen (secondary N) is 1. The fourth-order valence-electron chi connectivity index (χ4n) is 3.76. The van der Waals surface area contributed by atoms with E-state index < -0.39 is 0 Å². The van der Waals surface area contributed by atoms with Gasteiger partial charge in [-0.25, -0.2) is 0 Å². The Hall–Kier alpha value is -2.69. The first-order valence-electron chi connectivity index (χ1n) is 7.82. The first-order chi connectivity index (χ1) is 11.1. The average molecular weight is 308 g/mol. The highest BCUT2D eigenvalue weighted by Crippen LogP contribution is 2.42. The predicted molar refractivity (Wildman–Crippen MR) is 86.7 cm³/mol. The van der Waals surface area contributed by atoms with E-state index in [0.29, 0.717) is 5.56 Å². The van der Waals surface area contributed by atoms with Crippen LogP contribution in [-0.2, 0) is 17.6 Å². The van der Waals surface area contributed by atoms with Crippen LogP contribution in [-0.4, -0.2) is 10.8 Å². The normalized spacial score (nSPS) is 19.0. The summed E-state index contributed by atoms with van der Waals surface area (Å²) < 4.78 is 0. The van der Waals surface area contributed by atoms with Gasteiger partial charge in [0.05, 0.1) is 4.92 Å². The van der Waals surface area contributed by atoms with Gasteiger partial charge >= 0.3 is 0 Å². The number of hydrogen-bond donors (Lipinski definition) is 1. The lowest BCUT2D eigenvalue weighted by atomic mass is 9.82. The Bertz CT molecular complexity index is 829. The molecule has 1 amide bonds. The molecule has 2 aromatic rings. The number of aryl methyl sites for hydroxylation is 2. The van der Waals surface area contributed by atoms with Gasteiger partial charge in [0.2, 0.25) is 5.91 Å². The van der Waals surface area contributed by atoms with Crippen LogP contribution in [0.15, 0.2) is 36.4 Å². The summed E-state index contributed by atoms with van der Waals surface area (Å²) in [5.74, 6) is -0.343. The Morgan fingerprint density at radius 2 is 1.83 bits per heavy atom. The number of carbonyl (C=O) groups excluding carboxylic acids is 1. The summed E-state index contributed by atoms with van der Waals surface area (Å²) in [4.78, 5) is 23.1. The zero-order valence-electron chi connectivity index (χ0n) is 12.5. The molecule has 0 fully saturated rings. The van der Waals surface area contributed by atoms with Crippen LogP contribution in [0.1, 0.15) is 41.0 Å². The van der Waals surface area contributed by atoms with Crippen LogP contribution < -0.4 is 5.32 Å². The smallest absolute Gasteiger partial charge is 0.273 e. The quantitative estimate of drug-likeness (QED) is 0.681. The number of para-hydroxylation sites is 1. The monoisotopic (exact) mass is 308 g/mol. The van der Waals surface area contributed by atoms with Crippen molar-refractivity contribution < 1.29 is 9.72 Å². The van der Waals surface area contributed by atoms with Crippen molar-refractivity contribution in [2.24, 2.45) is 0 Å². The third-order valence-electron chi connectivity index (χ3n) is 4.81. The minimum Gasteiger partial charge on any atom is -0.326 e. The molecule has 2 aromatic carbocycles. The Labute approximate surface area is 133 Å². The number of nitro benzene ring substituents is 1. The van der Waals surface area contributed by atoms with E-state index in [1.54, 1.807) is 18.2 Å². The Morgan fingerprint density at radius 1 is 1.09 bits per heavy atom. The van der Waals surface area contributed by atoms with Crippen molar-refractivity contribution in [3.63, 3.8) is 0 Å². The minimum atomic E-state index is -0.366. The zero-order chi connectivity index (χ0) is 16.0. The number of carbonyl (C=O) groups is 1. The van der Waals surface area contributed by atoms with Gasteiger partial charge in [-0.2, -0.15) is 0 Å². The minimum absolute atomic E-state index is 0.0821. The van der Waals surface area contributed by atoms with E-state index in [9.17, 15) is 14.9 Å². The Kier molecular flexibility index (Phi) is 3.15. The molecule has 5 heteroatoms. The van der Waals surface area contributed by atoms with Crippen molar-refractivity contribution in [1.29, 1.82) is 0 Å². The van der Waals surface area contributed by atoms with E-state index in [4.69, 9.17) is 0 Å². The summed E-state index contributed by atoms with van der Waals surface area (Å²) in [6.07, 6.45) is 3.45. The van der Waals surface area contributed by atoms with E-state index in [-0.39, 0.29) is 28.9 Å². The molecule has 1 atom stereocenters. The lowest BCUT2D eigenvalue weighted by Gasteiger charge is -2.27. The highest BCUT2D eigenvalue weighted by Gasteiger charge is 2.32. The summed E-state index contributed by atoms with van der Waals surface area (Å²) in [5.41, 5.74) is 5.10. The van der Waals surface area contributed by atoms with Gasteiger partial charge in [-0.15, -0.1) is 0 Å². The fourth-order valence-corrected chi connectivity index (χ4v) is 3.76. The van der Waals surface area contributed by atoms with E-state index in [1.165, 1.54) is 17.2 Å². The fraction of sp³-hybridized carbons (Fsp3) is 0.278. The number of amides is 1. The van der Waals surface area contributed by atoms with Crippen LogP contribution >= 0.6 is 0 Å². The predicted octanol–water partition coefficient (Wildman–Crippen LogP) is 3.56. The lowest BCUT2D eigenvalue weighted by molar-refractivity contribution is -0.385. The van der Waals surface area contributed by atoms with Crippen LogP contribution in [0.25, 0.3) is 0 Å². The molecule has 0 bridgehead atoms. The molecule has 0 saturated heterocycles. The molecule has 23 heavy (non-hydrogen) atoms. The highest BCUT2D eigenvalue weighted by atomic mass is 16.6. The molecule has 1 heterocycles. The number of nitro groups is 1. The van der Waals surface area contributed by atoms with Crippen molar-refractivity contribution in [2.45, 2.75) is 31.6 Å². The van der Waals surface area contributed by atoms with Crippen molar-refractivity contribution in [2.75, 3.05) is 5.32 Å². The lowest BCUT2D eigenvalue weighted by Crippen LogP contribution is -2.24. The van der Waals surface area contributed by atoms with E-state index >= 15 is 0 Å². The number of benzene rings is 2. The topological polar surface area (TPSA) is 72.2 Å². The molecule has 0 radical (unpaired) electrons. The number of anilines is 1. The average Bonchev–Trinajstić information content (AvgIpc) is 2.99. The van der Waals surface area contributed by atoms with Crippen molar-refractivity contribution >= 4 is 17.3 Å². The Morgan fingerprint density at radius 3 is 2.61 bits per heavy atom. The number of nitrogens with zero attached hydrogens (tertiary/aromatic N) is 1. The molecule has 1 N–H and O–H groups in total. The summed E-state index contributed by atoms with van der Waals surface area (Å²) in [5, 5.41) is 14.3. The maximum absolute atomic E-state index is 12.1. The number of hydrogen-bond acceptors (Lipinski definition) is 3. The molecule has 1 aliphatic heterocycles. The maximum Gasteiger partial charge on any atom is 0.273 e. The molecule has 116 valence electrons. The molecule has 0 unspecified atom stereocenters. The molecule has 4 rings (SSSR count). The standard InChI is InChI=1S/C18H16N2O3/c21-18-10-14(13-6-1-2-7-17(13)20(22)23)15-8-11-4-3-5-12(11)9-16(15)19-18/h1-2,6-9,14H,3-5,10H2,(H,19,21)/t14-/m0/s1. The maximum atomic E-state index is 12.1. The molecule has 0 saturated carbocycles. The molecule has 1 aliphatic carbocycles. The van der Waals surface area contributed by atoms with Crippen LogP contribution in [0.4, 0.5) is 11.4 Å². The molecule has 0 spiro atoms. The van der Waals surface area contributed by atoms with E-state index in [1.807, 2.05) is 0 Å². The summed E-state index contributed by atoms with van der Waals surface area (Å²) in [7, 11) is 0. The van der Waals surface area contributed by atoms with Crippen LogP contribution in [0.3, 0.4) is 0 Å². The van der Waals surface area contributed by atoms with Crippen molar-refractivity contribution in [3.05, 3.63) is 68.8 Å². The summed E-state index contributed by atoms with van der Waals surface area (Å²) >= 11 is 0.